The maximum absolute atomic E-state index is 3.66. The summed E-state index contributed by atoms with van der Waals surface area (Å²) in [6.45, 7) is 10.9. The Hall–Kier alpha value is -0.980. The fraction of sp³-hybridized carbons (Fsp3) is 0. The molecule has 1 aliphatic heterocycles. The van der Waals surface area contributed by atoms with Crippen LogP contribution in [-0.4, -0.2) is 0 Å². The van der Waals surface area contributed by atoms with Crippen molar-refractivity contribution in [3.05, 3.63) is 36.7 Å². The van der Waals surface area contributed by atoms with E-state index in [9.17, 15) is 0 Å². The van der Waals surface area contributed by atoms with Crippen molar-refractivity contribution in [3.8, 4) is 0 Å². The van der Waals surface area contributed by atoms with E-state index in [1.165, 1.54) is 0 Å². The van der Waals surface area contributed by atoms with Crippen LogP contribution in [0.25, 0.3) is 0 Å². The van der Waals surface area contributed by atoms with Crippen LogP contribution in [0, 0.1) is 0 Å². The van der Waals surface area contributed by atoms with Gasteiger partial charge in [-0.2, -0.15) is 0 Å². The Bertz CT molecular complexity index is 138. The van der Waals surface area contributed by atoms with Crippen LogP contribution in [-0.2, 0) is 0 Å². The highest BCUT2D eigenvalue weighted by Crippen LogP contribution is 2.20. The second kappa shape index (κ2) is 0.997. The van der Waals surface area contributed by atoms with Crippen LogP contribution in [0.15, 0.2) is 36.7 Å². The molecule has 7 heavy (non-hydrogen) atoms. The summed E-state index contributed by atoms with van der Waals surface area (Å²) in [5.41, 5.74) is 2.73. The minimum Gasteiger partial charge on any atom is -0.355 e. The SMILES string of the molecule is C=C1NC(=C)C1=C. The molecular weight excluding hydrogens is 86.1 g/mol. The van der Waals surface area contributed by atoms with E-state index in [1.807, 2.05) is 0 Å². The van der Waals surface area contributed by atoms with Crippen molar-refractivity contribution in [2.75, 3.05) is 0 Å². The van der Waals surface area contributed by atoms with E-state index in [0.29, 0.717) is 0 Å². The van der Waals surface area contributed by atoms with Crippen LogP contribution in [0.3, 0.4) is 0 Å². The highest BCUT2D eigenvalue weighted by atomic mass is 15.0. The van der Waals surface area contributed by atoms with Crippen molar-refractivity contribution in [2.45, 2.75) is 0 Å². The van der Waals surface area contributed by atoms with Crippen molar-refractivity contribution < 1.29 is 0 Å². The van der Waals surface area contributed by atoms with Crippen molar-refractivity contribution in [2.24, 2.45) is 0 Å². The predicted octanol–water partition coefficient (Wildman–Crippen LogP) is 1.17. The van der Waals surface area contributed by atoms with Crippen LogP contribution in [0.1, 0.15) is 0 Å². The molecule has 0 saturated carbocycles. The van der Waals surface area contributed by atoms with Gasteiger partial charge in [0.1, 0.15) is 0 Å². The maximum atomic E-state index is 3.66. The molecular formula is C6H7N. The lowest BCUT2D eigenvalue weighted by molar-refractivity contribution is 0.910. The van der Waals surface area contributed by atoms with Gasteiger partial charge in [0.2, 0.25) is 0 Å². The Morgan fingerprint density at radius 2 is 1.43 bits per heavy atom. The van der Waals surface area contributed by atoms with E-state index in [4.69, 9.17) is 0 Å². The largest absolute Gasteiger partial charge is 0.355 e. The second-order valence-electron chi connectivity index (χ2n) is 1.56. The molecule has 0 bridgehead atoms. The highest BCUT2D eigenvalue weighted by Gasteiger charge is 2.13. The highest BCUT2D eigenvalue weighted by molar-refractivity contribution is 5.51. The standard InChI is InChI=1S/C6H7N/c1-4-5(2)7-6(4)3/h7H,1-3H2. The first-order valence-electron chi connectivity index (χ1n) is 2.06. The summed E-state index contributed by atoms with van der Waals surface area (Å²) in [6.07, 6.45) is 0. The third-order valence-corrected chi connectivity index (χ3v) is 1.03. The zero-order valence-corrected chi connectivity index (χ0v) is 4.12. The van der Waals surface area contributed by atoms with Crippen molar-refractivity contribution in [1.82, 2.24) is 5.32 Å². The number of nitrogens with one attached hydrogen (secondary N) is 1. The van der Waals surface area contributed by atoms with Gasteiger partial charge in [0.05, 0.1) is 0 Å². The number of hydrogen-bond acceptors (Lipinski definition) is 1. The fourth-order valence-corrected chi connectivity index (χ4v) is 0.453. The van der Waals surface area contributed by atoms with Crippen LogP contribution in [0.5, 0.6) is 0 Å². The topological polar surface area (TPSA) is 12.0 Å². The lowest BCUT2D eigenvalue weighted by Gasteiger charge is -2.24. The van der Waals surface area contributed by atoms with Gasteiger partial charge in [-0.25, -0.2) is 0 Å². The molecule has 0 unspecified atom stereocenters. The molecule has 0 aromatic heterocycles. The molecule has 0 spiro atoms. The summed E-state index contributed by atoms with van der Waals surface area (Å²) in [5, 5.41) is 2.87. The molecule has 1 N–H and O–H groups in total. The quantitative estimate of drug-likeness (QED) is 0.474. The van der Waals surface area contributed by atoms with Crippen LogP contribution < -0.4 is 5.32 Å². The summed E-state index contributed by atoms with van der Waals surface area (Å²) in [5.74, 6) is 0. The van der Waals surface area contributed by atoms with Gasteiger partial charge >= 0.3 is 0 Å². The molecule has 1 aliphatic rings. The molecule has 1 rings (SSSR count). The molecule has 1 fully saturated rings. The number of hydrogen-bond donors (Lipinski definition) is 1. The molecule has 1 saturated heterocycles. The molecule has 36 valence electrons. The molecule has 0 aromatic carbocycles. The molecule has 0 radical (unpaired) electrons. The van der Waals surface area contributed by atoms with E-state index >= 15 is 0 Å². The Kier molecular flexibility index (Phi) is 0.596. The fourth-order valence-electron chi connectivity index (χ4n) is 0.453. The zero-order valence-electron chi connectivity index (χ0n) is 4.12. The number of rotatable bonds is 0. The van der Waals surface area contributed by atoms with E-state index in [0.717, 1.165) is 17.0 Å². The Labute approximate surface area is 43.0 Å². The Balaban J connectivity index is 2.78. The van der Waals surface area contributed by atoms with Gasteiger partial charge < -0.3 is 5.32 Å². The summed E-state index contributed by atoms with van der Waals surface area (Å²) < 4.78 is 0. The summed E-state index contributed by atoms with van der Waals surface area (Å²) in [6, 6.07) is 0. The minimum atomic E-state index is 0.894. The van der Waals surface area contributed by atoms with E-state index in [-0.39, 0.29) is 0 Å². The summed E-state index contributed by atoms with van der Waals surface area (Å²) >= 11 is 0. The maximum Gasteiger partial charge on any atom is 0.0399 e. The lowest BCUT2D eigenvalue weighted by atomic mass is 10.1. The van der Waals surface area contributed by atoms with Gasteiger partial charge in [0.15, 0.2) is 0 Å². The average Bonchev–Trinajstić information content (AvgIpc) is 1.68. The first kappa shape index (κ1) is 4.19. The van der Waals surface area contributed by atoms with Gasteiger partial charge in [0.25, 0.3) is 0 Å². The van der Waals surface area contributed by atoms with Gasteiger partial charge in [-0.1, -0.05) is 19.7 Å². The first-order chi connectivity index (χ1) is 3.22. The van der Waals surface area contributed by atoms with Crippen molar-refractivity contribution in [3.63, 3.8) is 0 Å². The zero-order chi connectivity index (χ0) is 5.44. The normalized spacial score (nSPS) is 18.6. The molecule has 0 aliphatic carbocycles. The molecule has 1 heterocycles. The second-order valence-corrected chi connectivity index (χ2v) is 1.56. The molecule has 0 aromatic rings. The van der Waals surface area contributed by atoms with Crippen molar-refractivity contribution in [1.29, 1.82) is 0 Å². The van der Waals surface area contributed by atoms with Gasteiger partial charge in [0, 0.05) is 17.0 Å². The summed E-state index contributed by atoms with van der Waals surface area (Å²) in [4.78, 5) is 0. The van der Waals surface area contributed by atoms with Crippen LogP contribution >= 0.6 is 0 Å². The third kappa shape index (κ3) is 0.377. The molecule has 1 nitrogen and oxygen atoms in total. The van der Waals surface area contributed by atoms with E-state index < -0.39 is 0 Å². The minimum absolute atomic E-state index is 0.894. The molecule has 1 heteroatoms. The smallest absolute Gasteiger partial charge is 0.0399 e. The third-order valence-electron chi connectivity index (χ3n) is 1.03. The lowest BCUT2D eigenvalue weighted by Crippen LogP contribution is -2.25. The first-order valence-corrected chi connectivity index (χ1v) is 2.06. The Morgan fingerprint density at radius 1 is 1.00 bits per heavy atom. The predicted molar refractivity (Wildman–Crippen MR) is 30.6 cm³/mol. The van der Waals surface area contributed by atoms with Crippen molar-refractivity contribution >= 4 is 0 Å². The monoisotopic (exact) mass is 93.1 g/mol. The van der Waals surface area contributed by atoms with Crippen LogP contribution in [0.2, 0.25) is 0 Å². The summed E-state index contributed by atoms with van der Waals surface area (Å²) in [7, 11) is 0. The Morgan fingerprint density at radius 3 is 1.43 bits per heavy atom. The van der Waals surface area contributed by atoms with Gasteiger partial charge in [-0.05, 0) is 0 Å². The van der Waals surface area contributed by atoms with Gasteiger partial charge in [-0.3, -0.25) is 0 Å². The molecule has 0 atom stereocenters. The van der Waals surface area contributed by atoms with Gasteiger partial charge in [-0.15, -0.1) is 0 Å². The average molecular weight is 93.1 g/mol. The van der Waals surface area contributed by atoms with E-state index in [1.54, 1.807) is 0 Å². The van der Waals surface area contributed by atoms with Crippen LogP contribution in [0.4, 0.5) is 0 Å². The molecule has 0 amide bonds. The van der Waals surface area contributed by atoms with E-state index in [2.05, 4.69) is 25.1 Å².